The van der Waals surface area contributed by atoms with Crippen molar-refractivity contribution in [1.29, 1.82) is 0 Å². The van der Waals surface area contributed by atoms with E-state index in [0.717, 1.165) is 37.2 Å². The molecule has 1 aromatic rings. The smallest absolute Gasteiger partial charge is 0.194 e. The van der Waals surface area contributed by atoms with Crippen molar-refractivity contribution < 1.29 is 0 Å². The molecule has 2 saturated heterocycles. The number of guanidine groups is 1. The standard InChI is InChI=1S/C20H33N5.HI/c1-3-21-20(23-14-19-17(2)8-7-10-22-19)25-13-9-18(16-25)15-24-11-5-4-6-12-24;/h7-8,10,18H,3-6,9,11-16H2,1-2H3,(H,21,23);1H. The predicted molar refractivity (Wildman–Crippen MR) is 119 cm³/mol. The second-order valence-electron chi connectivity index (χ2n) is 7.40. The molecular weight excluding hydrogens is 437 g/mol. The third-order valence-electron chi connectivity index (χ3n) is 5.38. The van der Waals surface area contributed by atoms with Crippen LogP contribution in [0.3, 0.4) is 0 Å². The maximum absolute atomic E-state index is 4.86. The average Bonchev–Trinajstić information content (AvgIpc) is 3.09. The van der Waals surface area contributed by atoms with Gasteiger partial charge in [-0.15, -0.1) is 24.0 Å². The Morgan fingerprint density at radius 1 is 1.27 bits per heavy atom. The molecule has 0 aromatic carbocycles. The van der Waals surface area contributed by atoms with Gasteiger partial charge >= 0.3 is 0 Å². The third-order valence-corrected chi connectivity index (χ3v) is 5.38. The number of halogens is 1. The molecule has 0 spiro atoms. The van der Waals surface area contributed by atoms with E-state index in [1.807, 2.05) is 12.3 Å². The summed E-state index contributed by atoms with van der Waals surface area (Å²) in [6.07, 6.45) is 7.31. The lowest BCUT2D eigenvalue weighted by Crippen LogP contribution is -2.41. The molecule has 0 saturated carbocycles. The van der Waals surface area contributed by atoms with Crippen LogP contribution in [0, 0.1) is 12.8 Å². The van der Waals surface area contributed by atoms with E-state index in [0.29, 0.717) is 6.54 Å². The Kier molecular flexibility index (Phi) is 9.11. The van der Waals surface area contributed by atoms with Gasteiger partial charge < -0.3 is 15.1 Å². The summed E-state index contributed by atoms with van der Waals surface area (Å²) in [4.78, 5) is 14.4. The van der Waals surface area contributed by atoms with E-state index in [1.165, 1.54) is 50.9 Å². The number of hydrogen-bond donors (Lipinski definition) is 1. The van der Waals surface area contributed by atoms with Crippen LogP contribution in [0.15, 0.2) is 23.3 Å². The minimum Gasteiger partial charge on any atom is -0.357 e. The van der Waals surface area contributed by atoms with Gasteiger partial charge in [0.05, 0.1) is 12.2 Å². The van der Waals surface area contributed by atoms with E-state index < -0.39 is 0 Å². The van der Waals surface area contributed by atoms with Crippen LogP contribution in [0.4, 0.5) is 0 Å². The zero-order chi connectivity index (χ0) is 17.5. The maximum Gasteiger partial charge on any atom is 0.194 e. The monoisotopic (exact) mass is 471 g/mol. The molecule has 2 fully saturated rings. The summed E-state index contributed by atoms with van der Waals surface area (Å²) in [6.45, 7) is 11.9. The number of pyridine rings is 1. The molecule has 2 aliphatic heterocycles. The summed E-state index contributed by atoms with van der Waals surface area (Å²) in [5, 5.41) is 3.47. The molecule has 0 bridgehead atoms. The minimum absolute atomic E-state index is 0. The van der Waals surface area contributed by atoms with Crippen molar-refractivity contribution in [2.45, 2.75) is 46.1 Å². The van der Waals surface area contributed by atoms with Crippen LogP contribution >= 0.6 is 24.0 Å². The third kappa shape index (κ3) is 6.08. The Labute approximate surface area is 175 Å². The van der Waals surface area contributed by atoms with Gasteiger partial charge in [-0.1, -0.05) is 12.5 Å². The molecule has 1 atom stereocenters. The first-order valence-corrected chi connectivity index (χ1v) is 9.92. The summed E-state index contributed by atoms with van der Waals surface area (Å²) in [5.41, 5.74) is 2.29. The highest BCUT2D eigenvalue weighted by Crippen LogP contribution is 2.20. The van der Waals surface area contributed by atoms with Crippen molar-refractivity contribution in [3.05, 3.63) is 29.6 Å². The van der Waals surface area contributed by atoms with Crippen molar-refractivity contribution in [2.24, 2.45) is 10.9 Å². The molecule has 26 heavy (non-hydrogen) atoms. The highest BCUT2D eigenvalue weighted by atomic mass is 127. The molecule has 146 valence electrons. The molecule has 1 aromatic heterocycles. The highest BCUT2D eigenvalue weighted by Gasteiger charge is 2.26. The molecule has 5 nitrogen and oxygen atoms in total. The van der Waals surface area contributed by atoms with Crippen LogP contribution in [0.5, 0.6) is 0 Å². The highest BCUT2D eigenvalue weighted by molar-refractivity contribution is 14.0. The Morgan fingerprint density at radius 2 is 2.08 bits per heavy atom. The fourth-order valence-corrected chi connectivity index (χ4v) is 3.94. The quantitative estimate of drug-likeness (QED) is 0.407. The zero-order valence-corrected chi connectivity index (χ0v) is 18.6. The predicted octanol–water partition coefficient (Wildman–Crippen LogP) is 3.28. The van der Waals surface area contributed by atoms with Gasteiger partial charge in [0.15, 0.2) is 5.96 Å². The van der Waals surface area contributed by atoms with Crippen molar-refractivity contribution >= 4 is 29.9 Å². The van der Waals surface area contributed by atoms with E-state index in [-0.39, 0.29) is 24.0 Å². The number of aryl methyl sites for hydroxylation is 1. The molecule has 0 aliphatic carbocycles. The fraction of sp³-hybridized carbons (Fsp3) is 0.700. The molecule has 3 rings (SSSR count). The van der Waals surface area contributed by atoms with Gasteiger partial charge in [-0.05, 0) is 63.7 Å². The molecular formula is C20H34IN5. The summed E-state index contributed by atoms with van der Waals surface area (Å²) in [5.74, 6) is 1.83. The Morgan fingerprint density at radius 3 is 2.81 bits per heavy atom. The van der Waals surface area contributed by atoms with Gasteiger partial charge in [0.25, 0.3) is 0 Å². The lowest BCUT2D eigenvalue weighted by molar-refractivity contribution is 0.198. The first-order chi connectivity index (χ1) is 12.3. The number of nitrogens with zero attached hydrogens (tertiary/aromatic N) is 4. The molecule has 0 radical (unpaired) electrons. The Hall–Kier alpha value is -0.890. The van der Waals surface area contributed by atoms with Crippen LogP contribution < -0.4 is 5.32 Å². The van der Waals surface area contributed by atoms with E-state index in [4.69, 9.17) is 4.99 Å². The topological polar surface area (TPSA) is 43.8 Å². The van der Waals surface area contributed by atoms with Crippen LogP contribution in [0.2, 0.25) is 0 Å². The number of aromatic nitrogens is 1. The normalized spacial score (nSPS) is 21.5. The van der Waals surface area contributed by atoms with Gasteiger partial charge in [-0.25, -0.2) is 4.99 Å². The van der Waals surface area contributed by atoms with Crippen LogP contribution in [-0.2, 0) is 6.54 Å². The molecule has 1 N–H and O–H groups in total. The zero-order valence-electron chi connectivity index (χ0n) is 16.3. The first kappa shape index (κ1) is 21.4. The number of nitrogens with one attached hydrogen (secondary N) is 1. The van der Waals surface area contributed by atoms with E-state index in [9.17, 15) is 0 Å². The number of rotatable bonds is 5. The first-order valence-electron chi connectivity index (χ1n) is 9.92. The number of likely N-dealkylation sites (tertiary alicyclic amines) is 2. The van der Waals surface area contributed by atoms with Gasteiger partial charge in [0.1, 0.15) is 0 Å². The second kappa shape index (κ2) is 11.1. The molecule has 0 amide bonds. The fourth-order valence-electron chi connectivity index (χ4n) is 3.94. The largest absolute Gasteiger partial charge is 0.357 e. The average molecular weight is 471 g/mol. The summed E-state index contributed by atoms with van der Waals surface area (Å²) >= 11 is 0. The summed E-state index contributed by atoms with van der Waals surface area (Å²) in [7, 11) is 0. The summed E-state index contributed by atoms with van der Waals surface area (Å²) < 4.78 is 0. The SMILES string of the molecule is CCNC(=NCc1ncccc1C)N1CCC(CN2CCCCC2)C1.I. The maximum atomic E-state index is 4.86. The second-order valence-corrected chi connectivity index (χ2v) is 7.40. The lowest BCUT2D eigenvalue weighted by atomic mass is 10.1. The lowest BCUT2D eigenvalue weighted by Gasteiger charge is -2.29. The number of hydrogen-bond acceptors (Lipinski definition) is 3. The minimum atomic E-state index is 0. The van der Waals surface area contributed by atoms with Crippen LogP contribution in [0.25, 0.3) is 0 Å². The van der Waals surface area contributed by atoms with Crippen molar-refractivity contribution in [2.75, 3.05) is 39.3 Å². The molecule has 1 unspecified atom stereocenters. The van der Waals surface area contributed by atoms with Crippen LogP contribution in [-0.4, -0.2) is 60.0 Å². The van der Waals surface area contributed by atoms with E-state index in [1.54, 1.807) is 0 Å². The Bertz CT molecular complexity index is 571. The van der Waals surface area contributed by atoms with Crippen LogP contribution in [0.1, 0.15) is 43.9 Å². The van der Waals surface area contributed by atoms with Gasteiger partial charge in [-0.2, -0.15) is 0 Å². The molecule has 2 aliphatic rings. The van der Waals surface area contributed by atoms with Crippen molar-refractivity contribution in [1.82, 2.24) is 20.1 Å². The number of piperidine rings is 1. The van der Waals surface area contributed by atoms with Gasteiger partial charge in [-0.3, -0.25) is 4.98 Å². The molecule has 6 heteroatoms. The van der Waals surface area contributed by atoms with E-state index in [2.05, 4.69) is 40.0 Å². The van der Waals surface area contributed by atoms with Gasteiger partial charge in [0.2, 0.25) is 0 Å². The number of aliphatic imine (C=N–C) groups is 1. The van der Waals surface area contributed by atoms with E-state index >= 15 is 0 Å². The molecule has 3 heterocycles. The summed E-state index contributed by atoms with van der Waals surface area (Å²) in [6, 6.07) is 4.09. The van der Waals surface area contributed by atoms with Crippen molar-refractivity contribution in [3.63, 3.8) is 0 Å². The Balaban J connectivity index is 0.00000243. The van der Waals surface area contributed by atoms with Crippen molar-refractivity contribution in [3.8, 4) is 0 Å². The van der Waals surface area contributed by atoms with Gasteiger partial charge in [0, 0.05) is 32.4 Å².